The molecular weight excluding hydrogens is 378 g/mol. The lowest BCUT2D eigenvalue weighted by Gasteiger charge is -2.33. The molecule has 150 valence electrons. The number of sulfone groups is 1. The highest BCUT2D eigenvalue weighted by Crippen LogP contribution is 2.30. The largest absolute Gasteiger partial charge is 0.355 e. The third-order valence-corrected chi connectivity index (χ3v) is 6.23. The third kappa shape index (κ3) is 4.69. The van der Waals surface area contributed by atoms with Crippen LogP contribution in [0.15, 0.2) is 41.3 Å². The van der Waals surface area contributed by atoms with E-state index in [0.717, 1.165) is 25.9 Å². The predicted molar refractivity (Wildman–Crippen MR) is 109 cm³/mol. The van der Waals surface area contributed by atoms with Crippen molar-refractivity contribution in [3.63, 3.8) is 0 Å². The average molecular weight is 405 g/mol. The monoisotopic (exact) mass is 404 g/mol. The minimum atomic E-state index is -3.48. The number of nitrogens with one attached hydrogen (secondary N) is 1. The van der Waals surface area contributed by atoms with E-state index in [9.17, 15) is 18.5 Å². The highest BCUT2D eigenvalue weighted by molar-refractivity contribution is 7.90. The van der Waals surface area contributed by atoms with Gasteiger partial charge in [0.2, 0.25) is 0 Å². The zero-order chi connectivity index (χ0) is 20.5. The first-order valence-electron chi connectivity index (χ1n) is 9.27. The second kappa shape index (κ2) is 7.89. The summed E-state index contributed by atoms with van der Waals surface area (Å²) in [6, 6.07) is 10.8. The lowest BCUT2D eigenvalue weighted by molar-refractivity contribution is -0.914. The van der Waals surface area contributed by atoms with E-state index in [1.54, 1.807) is 6.07 Å². The second-order valence-corrected chi connectivity index (χ2v) is 9.61. The van der Waals surface area contributed by atoms with Gasteiger partial charge in [-0.25, -0.2) is 8.42 Å². The smallest absolute Gasteiger partial charge is 0.293 e. The van der Waals surface area contributed by atoms with Gasteiger partial charge in [0, 0.05) is 17.9 Å². The molecule has 7 nitrogen and oxygen atoms in total. The Morgan fingerprint density at radius 1 is 1.07 bits per heavy atom. The van der Waals surface area contributed by atoms with E-state index in [0.29, 0.717) is 18.8 Å². The number of anilines is 1. The number of benzene rings is 2. The molecule has 1 aliphatic heterocycles. The van der Waals surface area contributed by atoms with Gasteiger partial charge in [-0.1, -0.05) is 29.3 Å². The minimum Gasteiger partial charge on any atom is -0.355 e. The summed E-state index contributed by atoms with van der Waals surface area (Å²) in [5.74, 6) is 0. The topological polar surface area (TPSA) is 85.0 Å². The number of nitro groups is 1. The molecule has 2 aromatic carbocycles. The summed E-state index contributed by atoms with van der Waals surface area (Å²) in [6.07, 6.45) is 1.06. The number of hydrogen-bond donors (Lipinski definition) is 1. The molecular formula is C20H26N3O4S+. The Morgan fingerprint density at radius 2 is 1.68 bits per heavy atom. The summed E-state index contributed by atoms with van der Waals surface area (Å²) < 4.78 is 23.4. The maximum atomic E-state index is 11.7. The highest BCUT2D eigenvalue weighted by Gasteiger charge is 2.27. The van der Waals surface area contributed by atoms with E-state index >= 15 is 0 Å². The molecule has 3 rings (SSSR count). The van der Waals surface area contributed by atoms with Crippen LogP contribution in [0.3, 0.4) is 0 Å². The van der Waals surface area contributed by atoms with Crippen LogP contribution in [-0.2, 0) is 16.4 Å². The Balaban J connectivity index is 1.73. The van der Waals surface area contributed by atoms with Gasteiger partial charge in [0.25, 0.3) is 5.69 Å². The molecule has 2 aromatic rings. The van der Waals surface area contributed by atoms with Crippen molar-refractivity contribution in [2.75, 3.05) is 37.3 Å². The fourth-order valence-electron chi connectivity index (χ4n) is 3.85. The van der Waals surface area contributed by atoms with Gasteiger partial charge in [-0.3, -0.25) is 10.1 Å². The Hall–Kier alpha value is -2.45. The number of nitrogens with zero attached hydrogens (tertiary/aromatic N) is 2. The number of piperazine rings is 1. The van der Waals surface area contributed by atoms with Crippen molar-refractivity contribution in [1.82, 2.24) is 0 Å². The quantitative estimate of drug-likeness (QED) is 0.603. The standard InChI is InChI=1S/C20H25N3O4S/c1-15-10-16(2)12-17(11-15)14-21-6-8-22(9-7-21)19-5-4-18(28(3,26)27)13-20(19)23(24)25/h4-5,10-13H,6-9,14H2,1-3H3/p+1. The third-order valence-electron chi connectivity index (χ3n) is 5.12. The molecule has 1 N–H and O–H groups in total. The van der Waals surface area contributed by atoms with Crippen molar-refractivity contribution < 1.29 is 18.2 Å². The lowest BCUT2D eigenvalue weighted by atomic mass is 10.1. The van der Waals surface area contributed by atoms with Gasteiger partial charge in [-0.2, -0.15) is 0 Å². The van der Waals surface area contributed by atoms with Crippen LogP contribution in [0.1, 0.15) is 16.7 Å². The zero-order valence-electron chi connectivity index (χ0n) is 16.4. The summed E-state index contributed by atoms with van der Waals surface area (Å²) in [4.78, 5) is 14.4. The molecule has 0 saturated carbocycles. The van der Waals surface area contributed by atoms with Crippen LogP contribution in [0.5, 0.6) is 0 Å². The van der Waals surface area contributed by atoms with Gasteiger partial charge in [-0.15, -0.1) is 0 Å². The molecule has 1 fully saturated rings. The highest BCUT2D eigenvalue weighted by atomic mass is 32.2. The van der Waals surface area contributed by atoms with Gasteiger partial charge < -0.3 is 9.80 Å². The summed E-state index contributed by atoms with van der Waals surface area (Å²) in [5.41, 5.74) is 4.16. The molecule has 8 heteroatoms. The molecule has 0 bridgehead atoms. The molecule has 28 heavy (non-hydrogen) atoms. The molecule has 0 aromatic heterocycles. The van der Waals surface area contributed by atoms with E-state index < -0.39 is 14.8 Å². The zero-order valence-corrected chi connectivity index (χ0v) is 17.3. The minimum absolute atomic E-state index is 0.0259. The first kappa shape index (κ1) is 20.3. The summed E-state index contributed by atoms with van der Waals surface area (Å²) >= 11 is 0. The Labute approximate surface area is 165 Å². The Kier molecular flexibility index (Phi) is 5.71. The summed E-state index contributed by atoms with van der Waals surface area (Å²) in [7, 11) is -3.48. The van der Waals surface area contributed by atoms with E-state index in [-0.39, 0.29) is 10.6 Å². The molecule has 1 aliphatic rings. The number of rotatable bonds is 5. The number of quaternary nitrogens is 1. The van der Waals surface area contributed by atoms with Crippen LogP contribution in [0.25, 0.3) is 0 Å². The van der Waals surface area contributed by atoms with Crippen LogP contribution in [0.4, 0.5) is 11.4 Å². The average Bonchev–Trinajstić information content (AvgIpc) is 2.60. The van der Waals surface area contributed by atoms with Gasteiger partial charge in [0.1, 0.15) is 12.2 Å². The van der Waals surface area contributed by atoms with Crippen molar-refractivity contribution >= 4 is 21.2 Å². The number of nitro benzene ring substituents is 1. The number of hydrogen-bond acceptors (Lipinski definition) is 5. The molecule has 0 aliphatic carbocycles. The fraction of sp³-hybridized carbons (Fsp3) is 0.400. The van der Waals surface area contributed by atoms with Crippen LogP contribution < -0.4 is 9.80 Å². The van der Waals surface area contributed by atoms with E-state index in [2.05, 4.69) is 32.0 Å². The second-order valence-electron chi connectivity index (χ2n) is 7.59. The van der Waals surface area contributed by atoms with Gasteiger partial charge >= 0.3 is 0 Å². The first-order valence-corrected chi connectivity index (χ1v) is 11.2. The van der Waals surface area contributed by atoms with Gasteiger partial charge in [0.15, 0.2) is 9.84 Å². The van der Waals surface area contributed by atoms with Gasteiger partial charge in [0.05, 0.1) is 36.0 Å². The first-order chi connectivity index (χ1) is 13.1. The van der Waals surface area contributed by atoms with E-state index in [1.165, 1.54) is 33.7 Å². The fourth-order valence-corrected chi connectivity index (χ4v) is 4.49. The van der Waals surface area contributed by atoms with Crippen LogP contribution in [-0.4, -0.2) is 45.8 Å². The van der Waals surface area contributed by atoms with Crippen LogP contribution >= 0.6 is 0 Å². The predicted octanol–water partition coefficient (Wildman–Crippen LogP) is 1.52. The normalized spacial score (nSPS) is 15.6. The molecule has 0 atom stereocenters. The van der Waals surface area contributed by atoms with Crippen LogP contribution in [0.2, 0.25) is 0 Å². The van der Waals surface area contributed by atoms with Crippen molar-refractivity contribution in [2.24, 2.45) is 0 Å². The molecule has 0 unspecified atom stereocenters. The molecule has 0 radical (unpaired) electrons. The van der Waals surface area contributed by atoms with Gasteiger partial charge in [-0.05, 0) is 26.0 Å². The maximum absolute atomic E-state index is 11.7. The lowest BCUT2D eigenvalue weighted by Crippen LogP contribution is -3.13. The summed E-state index contributed by atoms with van der Waals surface area (Å²) in [6.45, 7) is 8.27. The molecule has 1 heterocycles. The number of aryl methyl sites for hydroxylation is 2. The van der Waals surface area contributed by atoms with Crippen molar-refractivity contribution in [3.05, 3.63) is 63.2 Å². The van der Waals surface area contributed by atoms with Crippen molar-refractivity contribution in [1.29, 1.82) is 0 Å². The van der Waals surface area contributed by atoms with Crippen molar-refractivity contribution in [2.45, 2.75) is 25.3 Å². The van der Waals surface area contributed by atoms with E-state index in [1.807, 2.05) is 4.90 Å². The maximum Gasteiger partial charge on any atom is 0.293 e. The van der Waals surface area contributed by atoms with Crippen LogP contribution in [0, 0.1) is 24.0 Å². The molecule has 1 saturated heterocycles. The van der Waals surface area contributed by atoms with E-state index in [4.69, 9.17) is 0 Å². The summed E-state index contributed by atoms with van der Waals surface area (Å²) in [5, 5.41) is 11.5. The SMILES string of the molecule is Cc1cc(C)cc(C[NH+]2CCN(c3ccc(S(C)(=O)=O)cc3[N+](=O)[O-])CC2)c1. The Bertz CT molecular complexity index is 976. The molecule has 0 spiro atoms. The Morgan fingerprint density at radius 3 is 2.21 bits per heavy atom. The molecule has 0 amide bonds. The van der Waals surface area contributed by atoms with Crippen molar-refractivity contribution in [3.8, 4) is 0 Å².